The lowest BCUT2D eigenvalue weighted by Gasteiger charge is -2.43. The number of hydrogen-bond acceptors (Lipinski definition) is 9. The Kier molecular flexibility index (Phi) is 11.4. The summed E-state index contributed by atoms with van der Waals surface area (Å²) in [6.07, 6.45) is -2.24. The minimum Gasteiger partial charge on any atom is -0.394 e. The van der Waals surface area contributed by atoms with Crippen LogP contribution in [0.2, 0.25) is 10.0 Å². The first-order chi connectivity index (χ1) is 26.5. The molecular weight excluding hydrogens is 779 g/mol. The standard InChI is InChI=1S/C38H32Cl2F3N6O5P/c1-22-44-38(49(46-22)31-19-24(39)13-14-27(31)40)37-36(53-15-8-16-55(52,25-9-4-2-5-10-25)26-11-6-3-7-12-26)34(35(51)32(21-50)54-37)48-20-30(45-47-48)23-17-28(41)33(43)29(42)18-23/h2-14,16-20,32,34-37,50-51H,15,21H2,1H3/b16-8+. The van der Waals surface area contributed by atoms with Crippen molar-refractivity contribution in [2.75, 3.05) is 13.2 Å². The smallest absolute Gasteiger partial charge is 0.194 e. The largest absolute Gasteiger partial charge is 0.394 e. The number of rotatable bonds is 11. The van der Waals surface area contributed by atoms with Crippen LogP contribution in [0, 0.1) is 24.4 Å². The molecule has 2 aromatic heterocycles. The second-order valence-corrected chi connectivity index (χ2v) is 16.1. The van der Waals surface area contributed by atoms with E-state index in [9.17, 15) is 27.9 Å². The fraction of sp³-hybridized carbons (Fsp3) is 0.211. The molecule has 0 spiro atoms. The van der Waals surface area contributed by atoms with Gasteiger partial charge in [0.05, 0.1) is 30.1 Å². The van der Waals surface area contributed by atoms with Crippen LogP contribution < -0.4 is 10.6 Å². The third-order valence-electron chi connectivity index (χ3n) is 9.07. The van der Waals surface area contributed by atoms with Gasteiger partial charge in [-0.3, -0.25) is 0 Å². The van der Waals surface area contributed by atoms with E-state index in [2.05, 4.69) is 20.4 Å². The van der Waals surface area contributed by atoms with Gasteiger partial charge in [-0.05, 0) is 43.1 Å². The molecular formula is C38H32Cl2F3N6O5P. The molecule has 284 valence electrons. The van der Waals surface area contributed by atoms with Gasteiger partial charge in [0.2, 0.25) is 0 Å². The summed E-state index contributed by atoms with van der Waals surface area (Å²) in [5.74, 6) is -2.44. The molecule has 3 heterocycles. The Balaban J connectivity index is 1.31. The molecule has 55 heavy (non-hydrogen) atoms. The van der Waals surface area contributed by atoms with E-state index in [4.69, 9.17) is 32.7 Å². The summed E-state index contributed by atoms with van der Waals surface area (Å²) in [5, 5.41) is 36.7. The molecule has 0 bridgehead atoms. The lowest BCUT2D eigenvalue weighted by Crippen LogP contribution is -2.54. The molecule has 11 nitrogen and oxygen atoms in total. The van der Waals surface area contributed by atoms with Crippen LogP contribution in [0.3, 0.4) is 0 Å². The van der Waals surface area contributed by atoms with Gasteiger partial charge in [-0.15, -0.1) is 5.10 Å². The molecule has 0 aliphatic carbocycles. The highest BCUT2D eigenvalue weighted by Gasteiger charge is 2.50. The number of hydrogen-bond donors (Lipinski definition) is 2. The first-order valence-corrected chi connectivity index (χ1v) is 19.4. The van der Waals surface area contributed by atoms with Crippen molar-refractivity contribution in [2.45, 2.75) is 37.4 Å². The molecule has 4 aromatic carbocycles. The number of nitrogens with zero attached hydrogens (tertiary/aromatic N) is 6. The van der Waals surface area contributed by atoms with E-state index in [1.165, 1.54) is 15.6 Å². The minimum absolute atomic E-state index is 0.0522. The van der Waals surface area contributed by atoms with Crippen LogP contribution in [-0.2, 0) is 14.0 Å². The Bertz CT molecular complexity index is 2320. The van der Waals surface area contributed by atoms with Crippen molar-refractivity contribution in [3.63, 3.8) is 0 Å². The van der Waals surface area contributed by atoms with E-state index >= 15 is 0 Å². The molecule has 5 atom stereocenters. The molecule has 0 radical (unpaired) electrons. The predicted molar refractivity (Wildman–Crippen MR) is 200 cm³/mol. The molecule has 6 aromatic rings. The minimum atomic E-state index is -3.31. The third-order valence-corrected chi connectivity index (χ3v) is 12.4. The van der Waals surface area contributed by atoms with Gasteiger partial charge in [-0.1, -0.05) is 95.2 Å². The van der Waals surface area contributed by atoms with Gasteiger partial charge in [0.15, 0.2) is 30.4 Å². The number of halogens is 5. The van der Waals surface area contributed by atoms with Gasteiger partial charge in [-0.2, -0.15) is 5.10 Å². The summed E-state index contributed by atoms with van der Waals surface area (Å²) in [5.41, 5.74) is 0.178. The van der Waals surface area contributed by atoms with Crippen molar-refractivity contribution < 1.29 is 37.4 Å². The fourth-order valence-corrected chi connectivity index (χ4v) is 9.09. The topological polar surface area (TPSA) is 137 Å². The number of aliphatic hydroxyl groups is 2. The highest BCUT2D eigenvalue weighted by molar-refractivity contribution is 7.81. The molecule has 0 saturated carbocycles. The fourth-order valence-electron chi connectivity index (χ4n) is 6.47. The van der Waals surface area contributed by atoms with Gasteiger partial charge >= 0.3 is 0 Å². The maximum atomic E-state index is 14.7. The van der Waals surface area contributed by atoms with Gasteiger partial charge < -0.3 is 24.3 Å². The van der Waals surface area contributed by atoms with Gasteiger partial charge in [0.1, 0.15) is 42.0 Å². The normalized spacial score (nSPS) is 20.3. The molecule has 1 aliphatic rings. The number of benzene rings is 4. The lowest BCUT2D eigenvalue weighted by atomic mass is 9.91. The van der Waals surface area contributed by atoms with Crippen molar-refractivity contribution in [1.82, 2.24) is 29.8 Å². The van der Waals surface area contributed by atoms with Crippen LogP contribution in [0.15, 0.2) is 109 Å². The number of ether oxygens (including phenoxy) is 2. The third kappa shape index (κ3) is 7.76. The summed E-state index contributed by atoms with van der Waals surface area (Å²) >= 11 is 12.9. The SMILES string of the molecule is Cc1nc(C2OC(CO)C(O)C(n3cc(-c4cc(F)c(F)c(F)c4)nn3)C2OC/C=C/P(=O)(c2ccccc2)c2ccccc2)n(-c2cc(Cl)ccc2Cl)n1. The molecule has 1 aliphatic heterocycles. The first-order valence-electron chi connectivity index (χ1n) is 16.9. The number of aliphatic hydroxyl groups excluding tert-OH is 2. The van der Waals surface area contributed by atoms with Crippen molar-refractivity contribution in [3.8, 4) is 16.9 Å². The maximum Gasteiger partial charge on any atom is 0.194 e. The maximum absolute atomic E-state index is 14.7. The summed E-state index contributed by atoms with van der Waals surface area (Å²) < 4.78 is 72.3. The second-order valence-electron chi connectivity index (χ2n) is 12.6. The van der Waals surface area contributed by atoms with Crippen LogP contribution in [0.1, 0.15) is 23.8 Å². The van der Waals surface area contributed by atoms with Crippen molar-refractivity contribution >= 4 is 41.0 Å². The quantitative estimate of drug-likeness (QED) is 0.111. The molecule has 7 rings (SSSR count). The van der Waals surface area contributed by atoms with Gasteiger partial charge in [-0.25, -0.2) is 27.5 Å². The zero-order chi connectivity index (χ0) is 38.9. The summed E-state index contributed by atoms with van der Waals surface area (Å²) in [4.78, 5) is 4.64. The molecule has 17 heteroatoms. The second kappa shape index (κ2) is 16.2. The zero-order valence-electron chi connectivity index (χ0n) is 28.8. The zero-order valence-corrected chi connectivity index (χ0v) is 31.2. The van der Waals surface area contributed by atoms with E-state index < -0.39 is 61.7 Å². The number of aromatic nitrogens is 6. The Labute approximate surface area is 323 Å². The molecule has 0 amide bonds. The molecule has 2 N–H and O–H groups in total. The van der Waals surface area contributed by atoms with Crippen molar-refractivity contribution in [1.29, 1.82) is 0 Å². The van der Waals surface area contributed by atoms with Gasteiger partial charge in [0, 0.05) is 21.2 Å². The Morgan fingerprint density at radius 2 is 1.62 bits per heavy atom. The Morgan fingerprint density at radius 3 is 2.25 bits per heavy atom. The molecule has 1 fully saturated rings. The lowest BCUT2D eigenvalue weighted by molar-refractivity contribution is -0.221. The van der Waals surface area contributed by atoms with E-state index in [1.807, 2.05) is 12.1 Å². The van der Waals surface area contributed by atoms with Crippen molar-refractivity contribution in [3.05, 3.63) is 148 Å². The van der Waals surface area contributed by atoms with E-state index in [1.54, 1.807) is 85.5 Å². The highest BCUT2D eigenvalue weighted by Crippen LogP contribution is 2.45. The van der Waals surface area contributed by atoms with Crippen LogP contribution >= 0.6 is 30.3 Å². The van der Waals surface area contributed by atoms with Crippen LogP contribution in [0.4, 0.5) is 13.2 Å². The summed E-state index contributed by atoms with van der Waals surface area (Å²) in [7, 11) is -3.31. The van der Waals surface area contributed by atoms with Crippen LogP contribution in [0.5, 0.6) is 0 Å². The summed E-state index contributed by atoms with van der Waals surface area (Å²) in [6, 6.07) is 23.1. The van der Waals surface area contributed by atoms with E-state index in [0.29, 0.717) is 27.1 Å². The average Bonchev–Trinajstić information content (AvgIpc) is 3.84. The van der Waals surface area contributed by atoms with Gasteiger partial charge in [0.25, 0.3) is 0 Å². The Morgan fingerprint density at radius 1 is 0.964 bits per heavy atom. The number of aryl methyl sites for hydroxylation is 1. The van der Waals surface area contributed by atoms with Crippen molar-refractivity contribution in [2.24, 2.45) is 0 Å². The highest BCUT2D eigenvalue weighted by atomic mass is 35.5. The summed E-state index contributed by atoms with van der Waals surface area (Å²) in [6.45, 7) is 0.812. The molecule has 1 saturated heterocycles. The first kappa shape index (κ1) is 38.6. The predicted octanol–water partition coefficient (Wildman–Crippen LogP) is 6.51. The average molecular weight is 812 g/mol. The van der Waals surface area contributed by atoms with E-state index in [-0.39, 0.29) is 28.7 Å². The van der Waals surface area contributed by atoms with Crippen LogP contribution in [0.25, 0.3) is 16.9 Å². The monoisotopic (exact) mass is 810 g/mol. The van der Waals surface area contributed by atoms with Crippen LogP contribution in [-0.4, -0.2) is 71.5 Å². The molecule has 5 unspecified atom stereocenters. The Hall–Kier alpha value is -4.66. The van der Waals surface area contributed by atoms with E-state index in [0.717, 1.165) is 12.1 Å².